The molecular formula is C21H19ClN4OS. The van der Waals surface area contributed by atoms with E-state index in [9.17, 15) is 0 Å². The van der Waals surface area contributed by atoms with Gasteiger partial charge in [0.25, 0.3) is 0 Å². The van der Waals surface area contributed by atoms with Gasteiger partial charge >= 0.3 is 0 Å². The number of methoxy groups -OCH3 is 1. The molecule has 1 aromatic carbocycles. The summed E-state index contributed by atoms with van der Waals surface area (Å²) in [6.45, 7) is 2.74. The van der Waals surface area contributed by atoms with Crippen molar-refractivity contribution in [1.29, 1.82) is 0 Å². The largest absolute Gasteiger partial charge is 0.495 e. The van der Waals surface area contributed by atoms with Crippen molar-refractivity contribution >= 4 is 39.0 Å². The molecule has 142 valence electrons. The lowest BCUT2D eigenvalue weighted by atomic mass is 10.2. The summed E-state index contributed by atoms with van der Waals surface area (Å²) in [4.78, 5) is 16.1. The standard InChI is InChI=1S/C21H19ClN4OS/c1-3-14-11-15-19(24-12-13-7-8-18(27-2)16(22)10-13)25-20(26-21(15)28-14)17-6-4-5-9-23-17/h4-11H,3,12H2,1-2H3,(H,24,25,26). The van der Waals surface area contributed by atoms with Gasteiger partial charge in [-0.1, -0.05) is 30.7 Å². The highest BCUT2D eigenvalue weighted by Gasteiger charge is 2.13. The third kappa shape index (κ3) is 3.79. The number of aromatic nitrogens is 3. The molecule has 3 heterocycles. The van der Waals surface area contributed by atoms with Gasteiger partial charge in [-0.05, 0) is 42.3 Å². The lowest BCUT2D eigenvalue weighted by Gasteiger charge is -2.10. The minimum absolute atomic E-state index is 0.590. The number of nitrogens with zero attached hydrogens (tertiary/aromatic N) is 3. The summed E-state index contributed by atoms with van der Waals surface area (Å²) >= 11 is 7.94. The molecule has 5 nitrogen and oxygen atoms in total. The molecule has 28 heavy (non-hydrogen) atoms. The topological polar surface area (TPSA) is 59.9 Å². The molecule has 0 radical (unpaired) electrons. The van der Waals surface area contributed by atoms with Gasteiger partial charge in [-0.2, -0.15) is 0 Å². The average molecular weight is 411 g/mol. The summed E-state index contributed by atoms with van der Waals surface area (Å²) in [6, 6.07) is 13.7. The molecule has 0 aliphatic heterocycles. The fraction of sp³-hybridized carbons (Fsp3) is 0.190. The molecule has 0 aliphatic rings. The molecular weight excluding hydrogens is 392 g/mol. The number of hydrogen-bond acceptors (Lipinski definition) is 6. The van der Waals surface area contributed by atoms with E-state index < -0.39 is 0 Å². The molecule has 4 aromatic rings. The van der Waals surface area contributed by atoms with Gasteiger partial charge in [-0.15, -0.1) is 11.3 Å². The Morgan fingerprint density at radius 3 is 2.75 bits per heavy atom. The first-order chi connectivity index (χ1) is 13.7. The van der Waals surface area contributed by atoms with Crippen LogP contribution in [0.1, 0.15) is 17.4 Å². The van der Waals surface area contributed by atoms with Crippen LogP contribution in [0, 0.1) is 0 Å². The Bertz CT molecular complexity index is 1110. The molecule has 0 spiro atoms. The van der Waals surface area contributed by atoms with Crippen molar-refractivity contribution in [1.82, 2.24) is 15.0 Å². The summed E-state index contributed by atoms with van der Waals surface area (Å²) in [5, 5.41) is 5.06. The highest BCUT2D eigenvalue weighted by Crippen LogP contribution is 2.32. The number of halogens is 1. The quantitative estimate of drug-likeness (QED) is 0.449. The third-order valence-corrected chi connectivity index (χ3v) is 5.83. The smallest absolute Gasteiger partial charge is 0.181 e. The lowest BCUT2D eigenvalue weighted by Crippen LogP contribution is -2.04. The number of nitrogens with one attached hydrogen (secondary N) is 1. The molecule has 4 rings (SSSR count). The minimum Gasteiger partial charge on any atom is -0.495 e. The summed E-state index contributed by atoms with van der Waals surface area (Å²) in [7, 11) is 1.61. The third-order valence-electron chi connectivity index (χ3n) is 4.36. The van der Waals surface area contributed by atoms with Crippen LogP contribution in [0.25, 0.3) is 21.7 Å². The van der Waals surface area contributed by atoms with Crippen LogP contribution in [-0.2, 0) is 13.0 Å². The Morgan fingerprint density at radius 1 is 1.14 bits per heavy atom. The van der Waals surface area contributed by atoms with Crippen molar-refractivity contribution in [3.8, 4) is 17.3 Å². The number of benzene rings is 1. The van der Waals surface area contributed by atoms with Crippen LogP contribution in [0.4, 0.5) is 5.82 Å². The van der Waals surface area contributed by atoms with E-state index in [0.29, 0.717) is 23.1 Å². The zero-order chi connectivity index (χ0) is 19.5. The van der Waals surface area contributed by atoms with E-state index in [1.807, 2.05) is 36.4 Å². The van der Waals surface area contributed by atoms with Gasteiger partial charge in [0.15, 0.2) is 5.82 Å². The molecule has 0 saturated carbocycles. The van der Waals surface area contributed by atoms with Crippen LogP contribution in [0.15, 0.2) is 48.7 Å². The number of hydrogen-bond donors (Lipinski definition) is 1. The fourth-order valence-electron chi connectivity index (χ4n) is 2.90. The van der Waals surface area contributed by atoms with Gasteiger partial charge in [-0.25, -0.2) is 9.97 Å². The second-order valence-corrected chi connectivity index (χ2v) is 7.74. The van der Waals surface area contributed by atoms with Crippen LogP contribution < -0.4 is 10.1 Å². The molecule has 0 aliphatic carbocycles. The Balaban J connectivity index is 1.70. The molecule has 1 N–H and O–H groups in total. The zero-order valence-corrected chi connectivity index (χ0v) is 17.1. The van der Waals surface area contributed by atoms with E-state index in [-0.39, 0.29) is 0 Å². The summed E-state index contributed by atoms with van der Waals surface area (Å²) in [6.07, 6.45) is 2.72. The van der Waals surface area contributed by atoms with Crippen molar-refractivity contribution in [2.45, 2.75) is 19.9 Å². The van der Waals surface area contributed by atoms with Crippen molar-refractivity contribution in [2.75, 3.05) is 12.4 Å². The van der Waals surface area contributed by atoms with Crippen LogP contribution >= 0.6 is 22.9 Å². The first-order valence-corrected chi connectivity index (χ1v) is 10.2. The van der Waals surface area contributed by atoms with E-state index in [1.54, 1.807) is 24.6 Å². The number of aryl methyl sites for hydroxylation is 1. The number of pyridine rings is 1. The zero-order valence-electron chi connectivity index (χ0n) is 15.6. The minimum atomic E-state index is 0.590. The van der Waals surface area contributed by atoms with Crippen LogP contribution in [0.2, 0.25) is 5.02 Å². The monoisotopic (exact) mass is 410 g/mol. The normalized spacial score (nSPS) is 11.0. The maximum absolute atomic E-state index is 6.25. The Morgan fingerprint density at radius 2 is 2.04 bits per heavy atom. The molecule has 3 aromatic heterocycles. The van der Waals surface area contributed by atoms with Gasteiger partial charge in [0.2, 0.25) is 0 Å². The molecule has 0 atom stereocenters. The highest BCUT2D eigenvalue weighted by molar-refractivity contribution is 7.18. The van der Waals surface area contributed by atoms with Crippen molar-refractivity contribution in [2.24, 2.45) is 0 Å². The first-order valence-electron chi connectivity index (χ1n) is 8.96. The van der Waals surface area contributed by atoms with Crippen molar-refractivity contribution in [3.05, 3.63) is 64.1 Å². The molecule has 0 saturated heterocycles. The Labute approximate surface area is 172 Å². The maximum Gasteiger partial charge on any atom is 0.181 e. The molecule has 7 heteroatoms. The molecule has 0 bridgehead atoms. The predicted octanol–water partition coefficient (Wildman–Crippen LogP) is 5.59. The van der Waals surface area contributed by atoms with Gasteiger partial charge in [0.05, 0.1) is 17.5 Å². The predicted molar refractivity (Wildman–Crippen MR) is 115 cm³/mol. The van der Waals surface area contributed by atoms with Crippen LogP contribution in [-0.4, -0.2) is 22.1 Å². The summed E-state index contributed by atoms with van der Waals surface area (Å²) in [5.74, 6) is 2.08. The van der Waals surface area contributed by atoms with Crippen LogP contribution in [0.5, 0.6) is 5.75 Å². The second kappa shape index (κ2) is 8.12. The lowest BCUT2D eigenvalue weighted by molar-refractivity contribution is 0.415. The van der Waals surface area contributed by atoms with E-state index in [1.165, 1.54) is 4.88 Å². The van der Waals surface area contributed by atoms with Crippen LogP contribution in [0.3, 0.4) is 0 Å². The van der Waals surface area contributed by atoms with Gasteiger partial charge in [-0.3, -0.25) is 4.98 Å². The first kappa shape index (κ1) is 18.7. The number of fused-ring (bicyclic) bond motifs is 1. The van der Waals surface area contributed by atoms with Gasteiger partial charge in [0.1, 0.15) is 22.1 Å². The second-order valence-electron chi connectivity index (χ2n) is 6.22. The molecule has 0 amide bonds. The van der Waals surface area contributed by atoms with E-state index in [0.717, 1.165) is 33.7 Å². The van der Waals surface area contributed by atoms with E-state index >= 15 is 0 Å². The average Bonchev–Trinajstić information content (AvgIpc) is 3.16. The Hall–Kier alpha value is -2.70. The fourth-order valence-corrected chi connectivity index (χ4v) is 4.14. The van der Waals surface area contributed by atoms with E-state index in [2.05, 4.69) is 23.3 Å². The van der Waals surface area contributed by atoms with Crippen molar-refractivity contribution in [3.63, 3.8) is 0 Å². The van der Waals surface area contributed by atoms with Gasteiger partial charge in [0, 0.05) is 17.6 Å². The van der Waals surface area contributed by atoms with E-state index in [4.69, 9.17) is 26.3 Å². The summed E-state index contributed by atoms with van der Waals surface area (Å²) in [5.41, 5.74) is 1.80. The molecule has 0 fully saturated rings. The number of thiophene rings is 1. The number of ether oxygens (including phenoxy) is 1. The van der Waals surface area contributed by atoms with Crippen molar-refractivity contribution < 1.29 is 4.74 Å². The van der Waals surface area contributed by atoms with Gasteiger partial charge < -0.3 is 10.1 Å². The summed E-state index contributed by atoms with van der Waals surface area (Å²) < 4.78 is 5.22. The highest BCUT2D eigenvalue weighted by atomic mass is 35.5. The SMILES string of the molecule is CCc1cc2c(NCc3ccc(OC)c(Cl)c3)nc(-c3ccccn3)nc2s1. The Kier molecular flexibility index (Phi) is 5.41. The number of anilines is 1. The maximum atomic E-state index is 6.25. The molecule has 0 unspecified atom stereocenters. The number of rotatable bonds is 6.